The van der Waals surface area contributed by atoms with Crippen LogP contribution in [0.1, 0.15) is 17.3 Å². The maximum atomic E-state index is 5.67. The summed E-state index contributed by atoms with van der Waals surface area (Å²) in [6.07, 6.45) is 0. The van der Waals surface area contributed by atoms with Gasteiger partial charge in [0.05, 0.1) is 23.3 Å². The third-order valence-electron chi connectivity index (χ3n) is 2.78. The highest BCUT2D eigenvalue weighted by atomic mass is 79.9. The maximum absolute atomic E-state index is 5.67. The molecule has 1 heterocycles. The van der Waals surface area contributed by atoms with Crippen molar-refractivity contribution >= 4 is 31.9 Å². The Morgan fingerprint density at radius 1 is 1.42 bits per heavy atom. The molecule has 1 atom stereocenters. The van der Waals surface area contributed by atoms with E-state index >= 15 is 0 Å². The molecule has 1 unspecified atom stereocenters. The van der Waals surface area contributed by atoms with E-state index in [1.165, 1.54) is 0 Å². The standard InChI is InChI=1S/C11H13Br2N5O/c1-18-10(11(13)16-17-18)9(15-14)6-3-4-8(19-2)7(12)5-6/h3-5,9,15H,14H2,1-2H3. The number of hydrazine groups is 1. The number of nitrogens with zero attached hydrogens (tertiary/aromatic N) is 3. The molecule has 0 aliphatic heterocycles. The molecule has 0 saturated heterocycles. The Morgan fingerprint density at radius 2 is 2.16 bits per heavy atom. The lowest BCUT2D eigenvalue weighted by atomic mass is 10.0. The number of aryl methyl sites for hydroxylation is 1. The molecule has 3 N–H and O–H groups in total. The van der Waals surface area contributed by atoms with Gasteiger partial charge in [0, 0.05) is 7.05 Å². The predicted molar refractivity (Wildman–Crippen MR) is 78.6 cm³/mol. The second kappa shape index (κ2) is 6.00. The topological polar surface area (TPSA) is 78.0 Å². The van der Waals surface area contributed by atoms with Crippen LogP contribution in [0.15, 0.2) is 27.3 Å². The Balaban J connectivity index is 2.46. The SMILES string of the molecule is COc1ccc(C(NN)c2c(Br)nnn2C)cc1Br. The van der Waals surface area contributed by atoms with E-state index in [1.54, 1.807) is 11.8 Å². The van der Waals surface area contributed by atoms with E-state index in [2.05, 4.69) is 47.6 Å². The Kier molecular flexibility index (Phi) is 4.56. The van der Waals surface area contributed by atoms with Crippen LogP contribution in [-0.2, 0) is 7.05 Å². The molecular weight excluding hydrogens is 378 g/mol. The number of halogens is 2. The molecule has 1 aromatic carbocycles. The van der Waals surface area contributed by atoms with Crippen molar-refractivity contribution in [2.24, 2.45) is 12.9 Å². The number of nitrogens with two attached hydrogens (primary N) is 1. The number of hydrogen-bond donors (Lipinski definition) is 2. The van der Waals surface area contributed by atoms with Crippen molar-refractivity contribution in [2.75, 3.05) is 7.11 Å². The summed E-state index contributed by atoms with van der Waals surface area (Å²) in [5.74, 6) is 6.43. The third kappa shape index (κ3) is 2.81. The molecule has 0 aliphatic carbocycles. The summed E-state index contributed by atoms with van der Waals surface area (Å²) >= 11 is 6.84. The van der Waals surface area contributed by atoms with Gasteiger partial charge in [0.2, 0.25) is 0 Å². The van der Waals surface area contributed by atoms with Crippen molar-refractivity contribution in [3.05, 3.63) is 38.5 Å². The van der Waals surface area contributed by atoms with Gasteiger partial charge in [-0.25, -0.2) is 10.1 Å². The minimum atomic E-state index is -0.225. The molecular formula is C11H13Br2N5O. The van der Waals surface area contributed by atoms with Crippen molar-refractivity contribution in [1.29, 1.82) is 0 Å². The second-order valence-corrected chi connectivity index (χ2v) is 5.49. The van der Waals surface area contributed by atoms with Crippen LogP contribution in [0.4, 0.5) is 0 Å². The van der Waals surface area contributed by atoms with Crippen LogP contribution in [0.3, 0.4) is 0 Å². The number of hydrogen-bond acceptors (Lipinski definition) is 5. The quantitative estimate of drug-likeness (QED) is 0.615. The fraction of sp³-hybridized carbons (Fsp3) is 0.273. The molecule has 0 fully saturated rings. The van der Waals surface area contributed by atoms with Crippen LogP contribution in [0.5, 0.6) is 5.75 Å². The smallest absolute Gasteiger partial charge is 0.153 e. The largest absolute Gasteiger partial charge is 0.496 e. The van der Waals surface area contributed by atoms with E-state index in [1.807, 2.05) is 25.2 Å². The lowest BCUT2D eigenvalue weighted by molar-refractivity contribution is 0.411. The van der Waals surface area contributed by atoms with Crippen LogP contribution >= 0.6 is 31.9 Å². The second-order valence-electron chi connectivity index (χ2n) is 3.88. The highest BCUT2D eigenvalue weighted by molar-refractivity contribution is 9.10. The Morgan fingerprint density at radius 3 is 2.63 bits per heavy atom. The molecule has 6 nitrogen and oxygen atoms in total. The zero-order valence-electron chi connectivity index (χ0n) is 10.4. The van der Waals surface area contributed by atoms with Crippen molar-refractivity contribution < 1.29 is 4.74 Å². The van der Waals surface area contributed by atoms with E-state index in [4.69, 9.17) is 10.6 Å². The molecule has 0 spiro atoms. The molecule has 0 radical (unpaired) electrons. The van der Waals surface area contributed by atoms with Gasteiger partial charge in [-0.1, -0.05) is 11.3 Å². The first-order valence-corrected chi connectivity index (χ1v) is 7.01. The maximum Gasteiger partial charge on any atom is 0.153 e. The van der Waals surface area contributed by atoms with E-state index in [0.717, 1.165) is 21.5 Å². The summed E-state index contributed by atoms with van der Waals surface area (Å²) in [7, 11) is 3.44. The molecule has 0 bridgehead atoms. The van der Waals surface area contributed by atoms with Crippen LogP contribution in [0.2, 0.25) is 0 Å². The third-order valence-corrected chi connectivity index (χ3v) is 3.96. The van der Waals surface area contributed by atoms with Crippen LogP contribution in [0, 0.1) is 0 Å². The molecule has 0 saturated carbocycles. The average Bonchev–Trinajstić information content (AvgIpc) is 2.72. The van der Waals surface area contributed by atoms with Gasteiger partial charge in [0.25, 0.3) is 0 Å². The van der Waals surface area contributed by atoms with Crippen LogP contribution in [0.25, 0.3) is 0 Å². The normalized spacial score (nSPS) is 12.5. The van der Waals surface area contributed by atoms with Gasteiger partial charge in [0.15, 0.2) is 4.60 Å². The van der Waals surface area contributed by atoms with E-state index in [9.17, 15) is 0 Å². The zero-order valence-corrected chi connectivity index (χ0v) is 13.6. The zero-order chi connectivity index (χ0) is 14.0. The van der Waals surface area contributed by atoms with Crippen LogP contribution in [-0.4, -0.2) is 22.1 Å². The van der Waals surface area contributed by atoms with Crippen molar-refractivity contribution in [1.82, 2.24) is 20.4 Å². The fourth-order valence-electron chi connectivity index (χ4n) is 1.84. The van der Waals surface area contributed by atoms with Gasteiger partial charge in [-0.05, 0) is 49.6 Å². The first-order valence-electron chi connectivity index (χ1n) is 5.43. The van der Waals surface area contributed by atoms with Crippen molar-refractivity contribution in [3.63, 3.8) is 0 Å². The summed E-state index contributed by atoms with van der Waals surface area (Å²) in [5.41, 5.74) is 4.59. The Hall–Kier alpha value is -0.960. The molecule has 1 aromatic heterocycles. The van der Waals surface area contributed by atoms with E-state index in [0.29, 0.717) is 4.60 Å². The van der Waals surface area contributed by atoms with Gasteiger partial charge >= 0.3 is 0 Å². The highest BCUT2D eigenvalue weighted by Crippen LogP contribution is 2.31. The van der Waals surface area contributed by atoms with E-state index < -0.39 is 0 Å². The number of aromatic nitrogens is 3. The van der Waals surface area contributed by atoms with Crippen molar-refractivity contribution in [3.8, 4) is 5.75 Å². The van der Waals surface area contributed by atoms with Gasteiger partial charge in [0.1, 0.15) is 5.75 Å². The highest BCUT2D eigenvalue weighted by Gasteiger charge is 2.21. The first kappa shape index (κ1) is 14.4. The molecule has 8 heteroatoms. The number of nitrogens with one attached hydrogen (secondary N) is 1. The van der Waals surface area contributed by atoms with Crippen LogP contribution < -0.4 is 16.0 Å². The minimum Gasteiger partial charge on any atom is -0.496 e. The number of benzene rings is 1. The van der Waals surface area contributed by atoms with Gasteiger partial charge in [-0.2, -0.15) is 0 Å². The number of methoxy groups -OCH3 is 1. The van der Waals surface area contributed by atoms with Crippen molar-refractivity contribution in [2.45, 2.75) is 6.04 Å². The summed E-state index contributed by atoms with van der Waals surface area (Å²) in [6.45, 7) is 0. The number of ether oxygens (including phenoxy) is 1. The lowest BCUT2D eigenvalue weighted by Gasteiger charge is -2.17. The Labute approximate surface area is 127 Å². The fourth-order valence-corrected chi connectivity index (χ4v) is 2.96. The lowest BCUT2D eigenvalue weighted by Crippen LogP contribution is -2.30. The molecule has 0 amide bonds. The predicted octanol–water partition coefficient (Wildman–Crippen LogP) is 1.90. The molecule has 2 rings (SSSR count). The average molecular weight is 391 g/mol. The van der Waals surface area contributed by atoms with Gasteiger partial charge in [-0.3, -0.25) is 5.84 Å². The first-order chi connectivity index (χ1) is 9.08. The summed E-state index contributed by atoms with van der Waals surface area (Å²) in [5, 5.41) is 7.92. The van der Waals surface area contributed by atoms with Gasteiger partial charge < -0.3 is 4.74 Å². The van der Waals surface area contributed by atoms with E-state index in [-0.39, 0.29) is 6.04 Å². The molecule has 0 aliphatic rings. The monoisotopic (exact) mass is 389 g/mol. The summed E-state index contributed by atoms with van der Waals surface area (Å²) in [4.78, 5) is 0. The summed E-state index contributed by atoms with van der Waals surface area (Å²) < 4.78 is 8.40. The minimum absolute atomic E-state index is 0.225. The Bertz CT molecular complexity index is 567. The number of rotatable bonds is 4. The summed E-state index contributed by atoms with van der Waals surface area (Å²) in [6, 6.07) is 5.54. The molecule has 19 heavy (non-hydrogen) atoms. The molecule has 102 valence electrons. The van der Waals surface area contributed by atoms with Gasteiger partial charge in [-0.15, -0.1) is 5.10 Å². The molecule has 2 aromatic rings.